The maximum Gasteiger partial charge on any atom is 0.0808 e. The van der Waals surface area contributed by atoms with Gasteiger partial charge in [-0.25, -0.2) is 0 Å². The van der Waals surface area contributed by atoms with Crippen molar-refractivity contribution in [1.82, 2.24) is 0 Å². The Kier molecular flexibility index (Phi) is 4.35. The first-order valence-corrected chi connectivity index (χ1v) is 5.60. The third kappa shape index (κ3) is 3.23. The number of ether oxygens (including phenoxy) is 1. The van der Waals surface area contributed by atoms with Gasteiger partial charge in [0.25, 0.3) is 0 Å². The highest BCUT2D eigenvalue weighted by Gasteiger charge is 2.34. The van der Waals surface area contributed by atoms with Gasteiger partial charge in [-0.1, -0.05) is 19.8 Å². The quantitative estimate of drug-likeness (QED) is 0.720. The Morgan fingerprint density at radius 3 is 2.86 bits per heavy atom. The number of aliphatic hydroxyl groups is 1. The number of rotatable bonds is 4. The minimum absolute atomic E-state index is 0.158. The lowest BCUT2D eigenvalue weighted by molar-refractivity contribution is -0.0984. The molecule has 1 saturated carbocycles. The smallest absolute Gasteiger partial charge is 0.0808 e. The van der Waals surface area contributed by atoms with Crippen LogP contribution < -0.4 is 5.73 Å². The summed E-state index contributed by atoms with van der Waals surface area (Å²) in [5, 5.41) is 9.19. The van der Waals surface area contributed by atoms with Crippen molar-refractivity contribution >= 4 is 0 Å². The largest absolute Gasteiger partial charge is 0.391 e. The minimum Gasteiger partial charge on any atom is -0.391 e. The normalized spacial score (nSPS) is 35.6. The molecule has 0 aliphatic heterocycles. The zero-order valence-electron chi connectivity index (χ0n) is 9.33. The summed E-state index contributed by atoms with van der Waals surface area (Å²) in [5.74, 6) is 0.696. The van der Waals surface area contributed by atoms with Crippen LogP contribution in [0.3, 0.4) is 0 Å². The molecule has 14 heavy (non-hydrogen) atoms. The van der Waals surface area contributed by atoms with E-state index in [4.69, 9.17) is 10.5 Å². The molecule has 3 atom stereocenters. The molecule has 3 heteroatoms. The summed E-state index contributed by atoms with van der Waals surface area (Å²) in [6, 6.07) is 0. The predicted octanol–water partition coefficient (Wildman–Crippen LogP) is 1.29. The summed E-state index contributed by atoms with van der Waals surface area (Å²) in [5.41, 5.74) is 5.62. The Labute approximate surface area is 86.6 Å². The Morgan fingerprint density at radius 1 is 1.64 bits per heavy atom. The van der Waals surface area contributed by atoms with Crippen LogP contribution >= 0.6 is 0 Å². The van der Waals surface area contributed by atoms with Gasteiger partial charge in [-0.15, -0.1) is 0 Å². The molecule has 0 radical (unpaired) electrons. The monoisotopic (exact) mass is 201 g/mol. The molecular formula is C11H23NO2. The van der Waals surface area contributed by atoms with Gasteiger partial charge in [-0.3, -0.25) is 0 Å². The van der Waals surface area contributed by atoms with Gasteiger partial charge in [-0.2, -0.15) is 0 Å². The first kappa shape index (κ1) is 12.0. The van der Waals surface area contributed by atoms with Crippen LogP contribution in [0.15, 0.2) is 0 Å². The highest BCUT2D eigenvalue weighted by Crippen LogP contribution is 2.34. The van der Waals surface area contributed by atoms with Crippen LogP contribution in [-0.2, 0) is 4.74 Å². The predicted molar refractivity (Wildman–Crippen MR) is 57.1 cm³/mol. The fourth-order valence-electron chi connectivity index (χ4n) is 2.28. The average molecular weight is 201 g/mol. The fourth-order valence-corrected chi connectivity index (χ4v) is 2.28. The molecule has 84 valence electrons. The second-order valence-electron chi connectivity index (χ2n) is 4.75. The van der Waals surface area contributed by atoms with Crippen molar-refractivity contribution in [3.05, 3.63) is 0 Å². The number of hydrogen-bond donors (Lipinski definition) is 2. The van der Waals surface area contributed by atoms with Crippen molar-refractivity contribution < 1.29 is 9.84 Å². The first-order valence-electron chi connectivity index (χ1n) is 5.60. The Balaban J connectivity index is 2.47. The van der Waals surface area contributed by atoms with Crippen LogP contribution in [0.2, 0.25) is 0 Å². The fraction of sp³-hybridized carbons (Fsp3) is 1.00. The highest BCUT2D eigenvalue weighted by atomic mass is 16.5. The van der Waals surface area contributed by atoms with Crippen molar-refractivity contribution in [2.45, 2.75) is 51.2 Å². The van der Waals surface area contributed by atoms with E-state index in [9.17, 15) is 5.11 Å². The summed E-state index contributed by atoms with van der Waals surface area (Å²) in [6.45, 7) is 4.97. The van der Waals surface area contributed by atoms with E-state index in [1.54, 1.807) is 6.92 Å². The van der Waals surface area contributed by atoms with E-state index in [0.29, 0.717) is 19.1 Å². The van der Waals surface area contributed by atoms with Gasteiger partial charge in [0.1, 0.15) is 0 Å². The van der Waals surface area contributed by atoms with Crippen LogP contribution in [0.5, 0.6) is 0 Å². The van der Waals surface area contributed by atoms with Crippen LogP contribution in [-0.4, -0.2) is 30.0 Å². The number of hydrogen-bond acceptors (Lipinski definition) is 3. The van der Waals surface area contributed by atoms with E-state index in [1.807, 2.05) is 0 Å². The topological polar surface area (TPSA) is 55.5 Å². The van der Waals surface area contributed by atoms with Gasteiger partial charge in [-0.05, 0) is 25.7 Å². The second kappa shape index (κ2) is 5.10. The van der Waals surface area contributed by atoms with E-state index < -0.39 is 6.10 Å². The Hall–Kier alpha value is -0.120. The lowest BCUT2D eigenvalue weighted by Crippen LogP contribution is -2.45. The van der Waals surface area contributed by atoms with Crippen molar-refractivity contribution in [3.63, 3.8) is 0 Å². The molecule has 1 rings (SSSR count). The van der Waals surface area contributed by atoms with E-state index in [0.717, 1.165) is 12.8 Å². The Morgan fingerprint density at radius 2 is 2.36 bits per heavy atom. The van der Waals surface area contributed by atoms with Gasteiger partial charge < -0.3 is 15.6 Å². The van der Waals surface area contributed by atoms with Crippen molar-refractivity contribution in [3.8, 4) is 0 Å². The third-order valence-corrected chi connectivity index (χ3v) is 3.05. The summed E-state index contributed by atoms with van der Waals surface area (Å²) >= 11 is 0. The summed E-state index contributed by atoms with van der Waals surface area (Å²) in [7, 11) is 0. The molecule has 3 N–H and O–H groups in total. The molecule has 1 aliphatic rings. The molecule has 0 amide bonds. The molecule has 3 nitrogen and oxygen atoms in total. The summed E-state index contributed by atoms with van der Waals surface area (Å²) in [6.07, 6.45) is 4.16. The van der Waals surface area contributed by atoms with Crippen LogP contribution in [0.1, 0.15) is 39.5 Å². The van der Waals surface area contributed by atoms with Gasteiger partial charge in [0.05, 0.1) is 18.3 Å². The maximum atomic E-state index is 9.19. The average Bonchev–Trinajstić information content (AvgIpc) is 2.15. The van der Waals surface area contributed by atoms with Crippen LogP contribution in [0.25, 0.3) is 0 Å². The number of nitrogens with two attached hydrogens (primary N) is 1. The standard InChI is InChI=1S/C11H23NO2/c1-9-4-3-5-11(6-9,8-12)14-7-10(2)13/h9-10,13H,3-8,12H2,1-2H3. The molecule has 1 aliphatic carbocycles. The molecule has 0 spiro atoms. The molecule has 1 fully saturated rings. The molecule has 0 heterocycles. The molecule has 0 aromatic rings. The Bertz CT molecular complexity index is 173. The van der Waals surface area contributed by atoms with Crippen molar-refractivity contribution in [2.75, 3.05) is 13.2 Å². The molecular weight excluding hydrogens is 178 g/mol. The maximum absolute atomic E-state index is 9.19. The summed E-state index contributed by atoms with van der Waals surface area (Å²) in [4.78, 5) is 0. The second-order valence-corrected chi connectivity index (χ2v) is 4.75. The zero-order chi connectivity index (χ0) is 10.6. The zero-order valence-corrected chi connectivity index (χ0v) is 9.33. The van der Waals surface area contributed by atoms with Crippen molar-refractivity contribution in [1.29, 1.82) is 0 Å². The van der Waals surface area contributed by atoms with E-state index >= 15 is 0 Å². The van der Waals surface area contributed by atoms with Gasteiger partial charge in [0.15, 0.2) is 0 Å². The molecule has 0 saturated heterocycles. The van der Waals surface area contributed by atoms with Crippen LogP contribution in [0.4, 0.5) is 0 Å². The molecule has 0 bridgehead atoms. The molecule has 0 aromatic heterocycles. The van der Waals surface area contributed by atoms with Crippen LogP contribution in [0, 0.1) is 5.92 Å². The van der Waals surface area contributed by atoms with E-state index in [1.165, 1.54) is 12.8 Å². The van der Waals surface area contributed by atoms with E-state index in [-0.39, 0.29) is 5.60 Å². The minimum atomic E-state index is -0.393. The summed E-state index contributed by atoms with van der Waals surface area (Å²) < 4.78 is 5.78. The lowest BCUT2D eigenvalue weighted by Gasteiger charge is -2.39. The first-order chi connectivity index (χ1) is 6.58. The van der Waals surface area contributed by atoms with Gasteiger partial charge in [0.2, 0.25) is 0 Å². The van der Waals surface area contributed by atoms with Gasteiger partial charge in [0, 0.05) is 6.54 Å². The molecule has 0 aromatic carbocycles. The lowest BCUT2D eigenvalue weighted by atomic mass is 9.79. The SMILES string of the molecule is CC(O)COC1(CN)CCCC(C)C1. The third-order valence-electron chi connectivity index (χ3n) is 3.05. The van der Waals surface area contributed by atoms with Gasteiger partial charge >= 0.3 is 0 Å². The molecule has 3 unspecified atom stereocenters. The van der Waals surface area contributed by atoms with Crippen molar-refractivity contribution in [2.24, 2.45) is 11.7 Å². The van der Waals surface area contributed by atoms with E-state index in [2.05, 4.69) is 6.92 Å². The highest BCUT2D eigenvalue weighted by molar-refractivity contribution is 4.88. The number of aliphatic hydroxyl groups excluding tert-OH is 1.